The van der Waals surface area contributed by atoms with Crippen molar-refractivity contribution in [1.82, 2.24) is 14.9 Å². The van der Waals surface area contributed by atoms with Gasteiger partial charge in [-0.1, -0.05) is 12.1 Å². The van der Waals surface area contributed by atoms with Gasteiger partial charge in [-0.15, -0.1) is 13.2 Å². The fourth-order valence-electron chi connectivity index (χ4n) is 6.51. The van der Waals surface area contributed by atoms with Gasteiger partial charge >= 0.3 is 12.3 Å². The number of anilines is 2. The Labute approximate surface area is 271 Å². The maximum Gasteiger partial charge on any atom is 0.573 e. The van der Waals surface area contributed by atoms with Crippen LogP contribution < -0.4 is 20.1 Å². The molecule has 0 amide bonds. The third-order valence-electron chi connectivity index (χ3n) is 9.64. The number of carboxylic acid groups (broad SMARTS) is 1. The summed E-state index contributed by atoms with van der Waals surface area (Å²) in [7, 11) is 0. The van der Waals surface area contributed by atoms with E-state index in [0.717, 1.165) is 86.6 Å². The number of aryl methyl sites for hydroxylation is 1. The van der Waals surface area contributed by atoms with Gasteiger partial charge in [-0.2, -0.15) is 4.98 Å². The van der Waals surface area contributed by atoms with Crippen LogP contribution in [0.5, 0.6) is 11.5 Å². The van der Waals surface area contributed by atoms with Gasteiger partial charge in [0.2, 0.25) is 5.95 Å². The number of alkyl halides is 3. The van der Waals surface area contributed by atoms with E-state index in [9.17, 15) is 23.1 Å². The number of hydrogen-bond acceptors (Lipinski definition) is 9. The molecule has 13 heteroatoms. The van der Waals surface area contributed by atoms with Crippen molar-refractivity contribution in [3.63, 3.8) is 0 Å². The molecule has 2 heterocycles. The lowest BCUT2D eigenvalue weighted by Gasteiger charge is -2.43. The number of hydrogen-bond donors (Lipinski definition) is 2. The van der Waals surface area contributed by atoms with E-state index >= 15 is 0 Å². The molecule has 0 unspecified atom stereocenters. The number of aliphatic carboxylic acids is 1. The highest BCUT2D eigenvalue weighted by molar-refractivity contribution is 5.76. The van der Waals surface area contributed by atoms with Crippen LogP contribution in [-0.4, -0.2) is 77.7 Å². The number of ether oxygens (including phenoxy) is 3. The van der Waals surface area contributed by atoms with Crippen molar-refractivity contribution in [2.45, 2.75) is 58.6 Å². The van der Waals surface area contributed by atoms with Crippen molar-refractivity contribution in [3.8, 4) is 22.8 Å². The monoisotopic (exact) mass is 655 g/mol. The molecule has 1 saturated heterocycles. The molecule has 252 valence electrons. The first-order valence-electron chi connectivity index (χ1n) is 15.9. The van der Waals surface area contributed by atoms with Crippen molar-refractivity contribution in [3.05, 3.63) is 59.2 Å². The molecule has 2 aromatic carbocycles. The van der Waals surface area contributed by atoms with Gasteiger partial charge in [0.25, 0.3) is 0 Å². The molecule has 1 saturated carbocycles. The number of fused-ring (bicyclic) bond motifs is 3. The summed E-state index contributed by atoms with van der Waals surface area (Å²) in [5.41, 5.74) is 10.2. The zero-order chi connectivity index (χ0) is 33.3. The molecule has 2 aliphatic carbocycles. The van der Waals surface area contributed by atoms with Gasteiger partial charge in [0.1, 0.15) is 23.9 Å². The molecular weight excluding hydrogens is 615 g/mol. The molecule has 3 aromatic rings. The highest BCUT2D eigenvalue weighted by Crippen LogP contribution is 2.43. The first kappa shape index (κ1) is 32.8. The Kier molecular flexibility index (Phi) is 9.21. The first-order valence-corrected chi connectivity index (χ1v) is 15.9. The predicted octanol–water partition coefficient (Wildman–Crippen LogP) is 5.33. The largest absolute Gasteiger partial charge is 0.573 e. The Balaban J connectivity index is 1.02. The third kappa shape index (κ3) is 7.57. The van der Waals surface area contributed by atoms with Gasteiger partial charge < -0.3 is 30.0 Å². The number of rotatable bonds is 11. The number of benzene rings is 2. The topological polar surface area (TPSA) is 123 Å². The van der Waals surface area contributed by atoms with Gasteiger partial charge in [0.05, 0.1) is 23.8 Å². The molecule has 10 nitrogen and oxygen atoms in total. The number of carbonyl (C=O) groups is 1. The number of nitrogen functional groups attached to an aromatic ring is 1. The number of nitrogens with two attached hydrogens (primary N) is 1. The van der Waals surface area contributed by atoms with Gasteiger partial charge in [-0.25, -0.2) is 4.98 Å². The number of carboxylic acids is 1. The quantitative estimate of drug-likeness (QED) is 0.280. The van der Waals surface area contributed by atoms with E-state index in [1.165, 1.54) is 12.1 Å². The Bertz CT molecular complexity index is 1590. The second kappa shape index (κ2) is 13.2. The lowest BCUT2D eigenvalue weighted by atomic mass is 9.66. The molecule has 0 spiro atoms. The predicted molar refractivity (Wildman–Crippen MR) is 169 cm³/mol. The minimum atomic E-state index is -4.73. The lowest BCUT2D eigenvalue weighted by Crippen LogP contribution is -2.49. The fraction of sp³-hybridized carbons (Fsp3) is 0.500. The molecule has 3 N–H and O–H groups in total. The molecule has 1 aromatic heterocycles. The average Bonchev–Trinajstić information content (AvgIpc) is 3.00. The number of aromatic nitrogens is 2. The summed E-state index contributed by atoms with van der Waals surface area (Å²) in [6.45, 7) is 8.61. The van der Waals surface area contributed by atoms with Crippen LogP contribution in [-0.2, 0) is 29.0 Å². The maximum atomic E-state index is 12.4. The Morgan fingerprint density at radius 2 is 1.70 bits per heavy atom. The molecule has 1 aliphatic heterocycles. The Morgan fingerprint density at radius 1 is 1.00 bits per heavy atom. The minimum Gasteiger partial charge on any atom is -0.489 e. The highest BCUT2D eigenvalue weighted by atomic mass is 19.4. The average molecular weight is 656 g/mol. The summed E-state index contributed by atoms with van der Waals surface area (Å²) < 4.78 is 53.2. The molecule has 6 rings (SSSR count). The van der Waals surface area contributed by atoms with Crippen molar-refractivity contribution in [2.75, 3.05) is 50.0 Å². The van der Waals surface area contributed by atoms with E-state index in [1.54, 1.807) is 26.0 Å². The summed E-state index contributed by atoms with van der Waals surface area (Å²) in [5, 5.41) is 9.43. The Morgan fingerprint density at radius 3 is 2.38 bits per heavy atom. The lowest BCUT2D eigenvalue weighted by molar-refractivity contribution is -0.274. The molecular formula is C34H40F3N5O5. The molecule has 3 aliphatic rings. The van der Waals surface area contributed by atoms with Crippen LogP contribution in [0.3, 0.4) is 0 Å². The van der Waals surface area contributed by atoms with E-state index < -0.39 is 17.7 Å². The van der Waals surface area contributed by atoms with E-state index in [0.29, 0.717) is 17.9 Å². The molecule has 0 radical (unpaired) electrons. The van der Waals surface area contributed by atoms with E-state index in [-0.39, 0.29) is 30.3 Å². The van der Waals surface area contributed by atoms with Crippen molar-refractivity contribution < 1.29 is 37.3 Å². The zero-order valence-corrected chi connectivity index (χ0v) is 26.6. The van der Waals surface area contributed by atoms with Crippen LogP contribution in [0.15, 0.2) is 42.5 Å². The fourth-order valence-corrected chi connectivity index (χ4v) is 6.51. The summed E-state index contributed by atoms with van der Waals surface area (Å²) in [4.78, 5) is 25.4. The van der Waals surface area contributed by atoms with Crippen molar-refractivity contribution in [1.29, 1.82) is 0 Å². The first-order chi connectivity index (χ1) is 22.4. The van der Waals surface area contributed by atoms with Crippen LogP contribution >= 0.6 is 0 Å². The molecule has 2 fully saturated rings. The normalized spacial score (nSPS) is 19.8. The third-order valence-corrected chi connectivity index (χ3v) is 9.64. The second-order valence-electron chi connectivity index (χ2n) is 13.0. The molecule has 0 atom stereocenters. The molecule has 0 bridgehead atoms. The van der Waals surface area contributed by atoms with Crippen LogP contribution in [0.2, 0.25) is 0 Å². The van der Waals surface area contributed by atoms with Crippen LogP contribution in [0.25, 0.3) is 11.3 Å². The number of piperazine rings is 1. The van der Waals surface area contributed by atoms with E-state index in [4.69, 9.17) is 15.2 Å². The van der Waals surface area contributed by atoms with E-state index in [2.05, 4.69) is 24.5 Å². The maximum absolute atomic E-state index is 12.4. The van der Waals surface area contributed by atoms with Gasteiger partial charge in [-0.05, 0) is 86.9 Å². The second-order valence-corrected chi connectivity index (χ2v) is 13.0. The van der Waals surface area contributed by atoms with Crippen LogP contribution in [0.4, 0.5) is 24.9 Å². The highest BCUT2D eigenvalue weighted by Gasteiger charge is 2.45. The smallest absolute Gasteiger partial charge is 0.489 e. The standard InChI is InChI=1S/C34H40F3N5O5/c1-33(2,31(43)44)23-18-26(19-23)45-16-15-41-11-13-42(14-12-41)30-28-9-5-22-17-25(8-10-27(22)29(28)39-32(38)40-30)46-20-21-3-6-24(7-4-21)47-34(35,36)37/h3-4,6-8,10,17,23,26H,5,9,11-16,18-20H2,1-2H3,(H,43,44)(H2,38,39,40). The van der Waals surface area contributed by atoms with Gasteiger partial charge in [-0.3, -0.25) is 9.69 Å². The minimum absolute atomic E-state index is 0.142. The van der Waals surface area contributed by atoms with Gasteiger partial charge in [0, 0.05) is 43.9 Å². The number of nitrogens with zero attached hydrogens (tertiary/aromatic N) is 4. The summed E-state index contributed by atoms with van der Waals surface area (Å²) >= 11 is 0. The van der Waals surface area contributed by atoms with Crippen molar-refractivity contribution >= 4 is 17.7 Å². The zero-order valence-electron chi connectivity index (χ0n) is 26.6. The number of halogens is 3. The summed E-state index contributed by atoms with van der Waals surface area (Å²) in [6, 6.07) is 11.4. The SMILES string of the molecule is CC(C)(C(=O)O)C1CC(OCCN2CCN(c3nc(N)nc4c3CCc3cc(OCc5ccc(OC(F)(F)F)cc5)ccc3-4)CC2)C1. The van der Waals surface area contributed by atoms with E-state index in [1.807, 2.05) is 18.2 Å². The molecule has 47 heavy (non-hydrogen) atoms. The van der Waals surface area contributed by atoms with Crippen molar-refractivity contribution in [2.24, 2.45) is 11.3 Å². The summed E-state index contributed by atoms with van der Waals surface area (Å²) in [5.74, 6) is 0.905. The van der Waals surface area contributed by atoms with Gasteiger partial charge in [0.15, 0.2) is 0 Å². The van der Waals surface area contributed by atoms with Crippen LogP contribution in [0.1, 0.15) is 43.4 Å². The summed E-state index contributed by atoms with van der Waals surface area (Å²) in [6.07, 6.45) is -1.45. The van der Waals surface area contributed by atoms with Crippen LogP contribution in [0, 0.1) is 11.3 Å². The Hall–Kier alpha value is -4.10.